The average molecular weight is 735 g/mol. The van der Waals surface area contributed by atoms with E-state index >= 15 is 0 Å². The van der Waals surface area contributed by atoms with E-state index in [1.807, 2.05) is 41.8 Å². The van der Waals surface area contributed by atoms with Gasteiger partial charge in [-0.15, -0.1) is 10.2 Å². The van der Waals surface area contributed by atoms with Crippen LogP contribution in [0.2, 0.25) is 5.02 Å². The molecule has 5 rings (SSSR count). The molecular weight excluding hydrogens is 692 g/mol. The van der Waals surface area contributed by atoms with Gasteiger partial charge in [0.05, 0.1) is 51.5 Å². The molecule has 0 saturated heterocycles. The molecule has 0 saturated carbocycles. The van der Waals surface area contributed by atoms with Crippen LogP contribution in [0.15, 0.2) is 71.7 Å². The highest BCUT2D eigenvalue weighted by molar-refractivity contribution is 6.30. The standard InChI is InChI=1S/C37H43ClN6O8/c1-25-42-43-34-36(41-33(26-9-11-28(38)12-10-26)31-24-30(48-2)13-14-32(31)44(25)34)52-37(47)40-16-18-50-20-22-51-21-19-49-17-5-3-4-15-39-35(46)27-7-6-8-29(45)23-27/h6-14,23-24,36,45H,3-5,15-22H2,1-2H3,(H,39,46)(H,40,47)/t36-/m0/s1. The van der Waals surface area contributed by atoms with E-state index in [1.165, 1.54) is 12.1 Å². The number of unbranched alkanes of at least 4 members (excludes halogenated alkanes) is 2. The first-order valence-corrected chi connectivity index (χ1v) is 17.4. The number of rotatable bonds is 19. The summed E-state index contributed by atoms with van der Waals surface area (Å²) in [4.78, 5) is 29.8. The maximum atomic E-state index is 12.9. The van der Waals surface area contributed by atoms with E-state index in [4.69, 9.17) is 40.3 Å². The molecule has 2 heterocycles. The van der Waals surface area contributed by atoms with Gasteiger partial charge in [-0.2, -0.15) is 0 Å². The van der Waals surface area contributed by atoms with E-state index in [2.05, 4.69) is 20.8 Å². The molecule has 0 unspecified atom stereocenters. The minimum absolute atomic E-state index is 0.0681. The van der Waals surface area contributed by atoms with Gasteiger partial charge in [-0.1, -0.05) is 29.8 Å². The van der Waals surface area contributed by atoms with Gasteiger partial charge >= 0.3 is 6.09 Å². The van der Waals surface area contributed by atoms with Gasteiger partial charge in [-0.3, -0.25) is 9.36 Å². The van der Waals surface area contributed by atoms with Crippen molar-refractivity contribution >= 4 is 29.3 Å². The van der Waals surface area contributed by atoms with Crippen molar-refractivity contribution in [1.82, 2.24) is 25.4 Å². The van der Waals surface area contributed by atoms with Crippen molar-refractivity contribution < 1.29 is 38.4 Å². The van der Waals surface area contributed by atoms with E-state index in [0.29, 0.717) is 73.3 Å². The lowest BCUT2D eigenvalue weighted by Gasteiger charge is -2.14. The fraction of sp³-hybridized carbons (Fsp3) is 0.378. The number of aliphatic imine (C=N–C) groups is 1. The summed E-state index contributed by atoms with van der Waals surface area (Å²) in [7, 11) is 1.59. The van der Waals surface area contributed by atoms with Crippen LogP contribution in [-0.4, -0.2) is 97.4 Å². The second kappa shape index (κ2) is 19.6. The number of benzene rings is 3. The van der Waals surface area contributed by atoms with E-state index in [1.54, 1.807) is 31.4 Å². The number of hydrogen-bond acceptors (Lipinski definition) is 11. The van der Waals surface area contributed by atoms with Gasteiger partial charge in [-0.25, -0.2) is 9.79 Å². The van der Waals surface area contributed by atoms with Crippen LogP contribution in [0.5, 0.6) is 11.5 Å². The van der Waals surface area contributed by atoms with Gasteiger partial charge < -0.3 is 39.4 Å². The Morgan fingerprint density at radius 1 is 0.846 bits per heavy atom. The zero-order valence-electron chi connectivity index (χ0n) is 29.2. The normalized spacial score (nSPS) is 13.4. The van der Waals surface area contributed by atoms with E-state index < -0.39 is 12.3 Å². The highest BCUT2D eigenvalue weighted by atomic mass is 35.5. The Morgan fingerprint density at radius 3 is 2.35 bits per heavy atom. The Kier molecular flexibility index (Phi) is 14.4. The number of nitrogens with one attached hydrogen (secondary N) is 2. The molecule has 276 valence electrons. The molecule has 0 bridgehead atoms. The highest BCUT2D eigenvalue weighted by Crippen LogP contribution is 2.33. The number of carbonyl (C=O) groups excluding carboxylic acids is 2. The third-order valence-electron chi connectivity index (χ3n) is 7.97. The zero-order chi connectivity index (χ0) is 36.7. The molecule has 15 heteroatoms. The van der Waals surface area contributed by atoms with Crippen molar-refractivity contribution in [2.45, 2.75) is 32.4 Å². The number of methoxy groups -OCH3 is 1. The molecule has 3 aromatic carbocycles. The van der Waals surface area contributed by atoms with Crippen molar-refractivity contribution in [2.75, 3.05) is 59.8 Å². The number of fused-ring (bicyclic) bond motifs is 3. The van der Waals surface area contributed by atoms with Crippen LogP contribution < -0.4 is 15.4 Å². The molecule has 4 aromatic rings. The number of aromatic hydroxyl groups is 1. The largest absolute Gasteiger partial charge is 0.508 e. The fourth-order valence-electron chi connectivity index (χ4n) is 5.39. The fourth-order valence-corrected chi connectivity index (χ4v) is 5.52. The van der Waals surface area contributed by atoms with Crippen molar-refractivity contribution in [1.29, 1.82) is 0 Å². The minimum Gasteiger partial charge on any atom is -0.508 e. The lowest BCUT2D eigenvalue weighted by atomic mass is 10.00. The predicted molar refractivity (Wildman–Crippen MR) is 194 cm³/mol. The van der Waals surface area contributed by atoms with Crippen molar-refractivity contribution in [3.05, 3.63) is 100 Å². The van der Waals surface area contributed by atoms with Crippen LogP contribution in [0, 0.1) is 6.92 Å². The molecular formula is C37H43ClN6O8. The first-order valence-electron chi connectivity index (χ1n) is 17.0. The zero-order valence-corrected chi connectivity index (χ0v) is 29.9. The third kappa shape index (κ3) is 10.7. The molecule has 0 aliphatic carbocycles. The van der Waals surface area contributed by atoms with Crippen LogP contribution in [0.3, 0.4) is 0 Å². The Hall–Kier alpha value is -5.02. The lowest BCUT2D eigenvalue weighted by molar-refractivity contribution is 0.0141. The maximum absolute atomic E-state index is 12.9. The smallest absolute Gasteiger partial charge is 0.409 e. The van der Waals surface area contributed by atoms with E-state index in [-0.39, 0.29) is 24.8 Å². The summed E-state index contributed by atoms with van der Waals surface area (Å²) in [6.45, 7) is 5.11. The van der Waals surface area contributed by atoms with Gasteiger partial charge in [0.2, 0.25) is 5.82 Å². The molecule has 0 fully saturated rings. The highest BCUT2D eigenvalue weighted by Gasteiger charge is 2.31. The van der Waals surface area contributed by atoms with Crippen LogP contribution in [0.4, 0.5) is 4.79 Å². The Labute approximate surface area is 307 Å². The summed E-state index contributed by atoms with van der Waals surface area (Å²) < 4.78 is 29.8. The molecule has 0 spiro atoms. The van der Waals surface area contributed by atoms with Crippen LogP contribution in [0.1, 0.15) is 58.6 Å². The average Bonchev–Trinajstić information content (AvgIpc) is 3.47. The van der Waals surface area contributed by atoms with Gasteiger partial charge in [0.1, 0.15) is 17.3 Å². The van der Waals surface area contributed by atoms with Gasteiger partial charge in [-0.05, 0) is 74.7 Å². The van der Waals surface area contributed by atoms with Crippen LogP contribution in [-0.2, 0) is 18.9 Å². The third-order valence-corrected chi connectivity index (χ3v) is 8.22. The maximum Gasteiger partial charge on any atom is 0.409 e. The number of phenols is 1. The Bertz CT molecular complexity index is 1820. The molecule has 1 aromatic heterocycles. The molecule has 1 atom stereocenters. The Balaban J connectivity index is 0.970. The number of phenolic OH excluding ortho intramolecular Hbond substituents is 1. The molecule has 0 radical (unpaired) electrons. The molecule has 1 aliphatic heterocycles. The van der Waals surface area contributed by atoms with Gasteiger partial charge in [0.15, 0.2) is 0 Å². The van der Waals surface area contributed by atoms with Crippen LogP contribution in [0.25, 0.3) is 5.69 Å². The number of alkyl carbamates (subject to hydrolysis) is 1. The number of carbonyl (C=O) groups is 2. The number of aromatic nitrogens is 3. The minimum atomic E-state index is -1.09. The topological polar surface area (TPSA) is 168 Å². The quantitative estimate of drug-likeness (QED) is 0.109. The monoisotopic (exact) mass is 734 g/mol. The summed E-state index contributed by atoms with van der Waals surface area (Å²) in [6.07, 6.45) is 0.850. The summed E-state index contributed by atoms with van der Waals surface area (Å²) in [5.41, 5.74) is 3.30. The Morgan fingerprint density at radius 2 is 1.60 bits per heavy atom. The van der Waals surface area contributed by atoms with E-state index in [0.717, 1.165) is 36.1 Å². The molecule has 1 aliphatic rings. The molecule has 3 N–H and O–H groups in total. The van der Waals surface area contributed by atoms with E-state index in [9.17, 15) is 14.7 Å². The van der Waals surface area contributed by atoms with Crippen molar-refractivity contribution in [2.24, 2.45) is 4.99 Å². The number of hydrogen-bond donors (Lipinski definition) is 3. The first-order chi connectivity index (χ1) is 25.3. The van der Waals surface area contributed by atoms with Gasteiger partial charge in [0, 0.05) is 41.4 Å². The van der Waals surface area contributed by atoms with Crippen LogP contribution >= 0.6 is 11.6 Å². The first kappa shape index (κ1) is 38.2. The molecule has 14 nitrogen and oxygen atoms in total. The lowest BCUT2D eigenvalue weighted by Crippen LogP contribution is -2.30. The van der Waals surface area contributed by atoms with Gasteiger partial charge in [0.25, 0.3) is 12.1 Å². The SMILES string of the molecule is COc1ccc2c(c1)C(c1ccc(Cl)cc1)=N[C@@H](OC(=O)NCCOCCOCCOCCCCCNC(=O)c1cccc(O)c1)c1nnc(C)n1-2. The van der Waals surface area contributed by atoms with Crippen molar-refractivity contribution in [3.8, 4) is 17.2 Å². The number of nitrogens with zero attached hydrogens (tertiary/aromatic N) is 4. The summed E-state index contributed by atoms with van der Waals surface area (Å²) in [6, 6.07) is 19.1. The number of amides is 2. The van der Waals surface area contributed by atoms with Crippen molar-refractivity contribution in [3.63, 3.8) is 0 Å². The second-order valence-electron chi connectivity index (χ2n) is 11.7. The number of aryl methyl sites for hydroxylation is 1. The summed E-state index contributed by atoms with van der Waals surface area (Å²) >= 11 is 6.17. The second-order valence-corrected chi connectivity index (χ2v) is 12.1. The predicted octanol–water partition coefficient (Wildman–Crippen LogP) is 5.17. The molecule has 52 heavy (non-hydrogen) atoms. The molecule has 2 amide bonds. The number of halogens is 1. The summed E-state index contributed by atoms with van der Waals surface area (Å²) in [5.74, 6) is 1.46. The number of ether oxygens (including phenoxy) is 5. The summed E-state index contributed by atoms with van der Waals surface area (Å²) in [5, 5.41) is 24.2.